The van der Waals surface area contributed by atoms with Gasteiger partial charge in [-0.3, -0.25) is 20.2 Å². The molecule has 0 radical (unpaired) electrons. The average Bonchev–Trinajstić information content (AvgIpc) is 4.07. The van der Waals surface area contributed by atoms with E-state index in [1.165, 1.54) is 0 Å². The van der Waals surface area contributed by atoms with E-state index >= 15 is 0 Å². The standard InChI is InChI=1S/C47H58N8O8/c1-7-25(4)40(53-47-62-23-63-47)44(56)54-19-27(20-58-6)14-37(54)42-48-18-35(50-42)29-9-11-31-30(15-29)21-59-38-17-32-28(16-33(31)38)10-12-34-41(32)51-43(49-34)36-13-8-26(5)55(36)45(57)39(24(2)3)52-46-60-22-61-46/h9-12,15-18,24-27,36-37,39-40,46-47,52-53H,7-8,13-14,19-23H2,1-6H3,(H,48,50)(H,49,51)/t25-,26+,27+,36+,37+,39+,40+/m1/s1. The molecule has 5 aromatic rings. The summed E-state index contributed by atoms with van der Waals surface area (Å²) in [6, 6.07) is 13.7. The zero-order valence-electron chi connectivity index (χ0n) is 36.8. The Balaban J connectivity index is 0.897. The van der Waals surface area contributed by atoms with E-state index < -0.39 is 24.9 Å². The van der Waals surface area contributed by atoms with Gasteiger partial charge in [-0.05, 0) is 84.4 Å². The zero-order valence-corrected chi connectivity index (χ0v) is 36.8. The van der Waals surface area contributed by atoms with E-state index in [-0.39, 0.29) is 61.3 Å². The van der Waals surface area contributed by atoms with Crippen molar-refractivity contribution < 1.29 is 38.0 Å². The summed E-state index contributed by atoms with van der Waals surface area (Å²) in [4.78, 5) is 49.5. The largest absolute Gasteiger partial charge is 0.488 e. The molecule has 4 saturated heterocycles. The number of amides is 2. The van der Waals surface area contributed by atoms with Crippen LogP contribution in [0.4, 0.5) is 0 Å². The number of hydrogen-bond donors (Lipinski definition) is 4. The van der Waals surface area contributed by atoms with Gasteiger partial charge in [-0.25, -0.2) is 9.97 Å². The monoisotopic (exact) mass is 862 g/mol. The van der Waals surface area contributed by atoms with E-state index in [0.29, 0.717) is 19.8 Å². The van der Waals surface area contributed by atoms with Gasteiger partial charge >= 0.3 is 0 Å². The third-order valence-electron chi connectivity index (χ3n) is 13.8. The van der Waals surface area contributed by atoms with Crippen molar-refractivity contribution in [2.75, 3.05) is 33.8 Å². The number of aromatic amines is 2. The fraction of sp³-hybridized carbons (Fsp3) is 0.532. The molecular weight excluding hydrogens is 805 g/mol. The lowest BCUT2D eigenvalue weighted by Crippen LogP contribution is -2.57. The molecule has 4 fully saturated rings. The van der Waals surface area contributed by atoms with Gasteiger partial charge in [0.1, 0.15) is 24.0 Å². The number of ether oxygens (including phenoxy) is 6. The first-order chi connectivity index (χ1) is 30.6. The minimum absolute atomic E-state index is 0.0112. The molecule has 0 saturated carbocycles. The van der Waals surface area contributed by atoms with E-state index in [1.54, 1.807) is 7.11 Å². The summed E-state index contributed by atoms with van der Waals surface area (Å²) in [5.41, 5.74) is 6.86. The maximum atomic E-state index is 14.2. The van der Waals surface area contributed by atoms with Crippen LogP contribution in [0.3, 0.4) is 0 Å². The SMILES string of the molecule is CC[C@@H](C)[C@H](NC1OCO1)C(=O)N1C[C@@H](COC)C[C@H]1c1ncc(-c2ccc3c(c2)COc2cc4c(ccc5nc([C@@H]6CC[C@H](C)N6C(=O)[C@@H](NC6OCO6)C(C)C)[nH]c54)cc2-3)[nH]1. The van der Waals surface area contributed by atoms with Crippen molar-refractivity contribution in [3.8, 4) is 28.1 Å². The molecule has 0 unspecified atom stereocenters. The summed E-state index contributed by atoms with van der Waals surface area (Å²) >= 11 is 0. The van der Waals surface area contributed by atoms with E-state index in [0.717, 1.165) is 92.8 Å². The molecule has 0 aliphatic carbocycles. The number of imidazole rings is 2. The lowest BCUT2D eigenvalue weighted by molar-refractivity contribution is -0.335. The Morgan fingerprint density at radius 3 is 2.40 bits per heavy atom. The molecule has 2 amide bonds. The molecule has 7 heterocycles. The van der Waals surface area contributed by atoms with Crippen LogP contribution in [0, 0.1) is 17.8 Å². The maximum Gasteiger partial charge on any atom is 0.240 e. The molecule has 63 heavy (non-hydrogen) atoms. The van der Waals surface area contributed by atoms with Crippen molar-refractivity contribution in [2.45, 2.75) is 110 Å². The second-order valence-corrected chi connectivity index (χ2v) is 18.2. The van der Waals surface area contributed by atoms with E-state index in [9.17, 15) is 9.59 Å². The zero-order chi connectivity index (χ0) is 43.5. The number of fused-ring (bicyclic) bond motifs is 6. The van der Waals surface area contributed by atoms with Crippen molar-refractivity contribution in [1.29, 1.82) is 0 Å². The van der Waals surface area contributed by atoms with Gasteiger partial charge in [0.2, 0.25) is 24.6 Å². The van der Waals surface area contributed by atoms with Gasteiger partial charge in [0, 0.05) is 36.6 Å². The Hall–Kier alpha value is -4.94. The number of carbonyl (C=O) groups excluding carboxylic acids is 2. The highest BCUT2D eigenvalue weighted by Crippen LogP contribution is 2.44. The Bertz CT molecular complexity index is 2500. The van der Waals surface area contributed by atoms with Crippen molar-refractivity contribution in [3.05, 3.63) is 65.9 Å². The molecule has 0 bridgehead atoms. The smallest absolute Gasteiger partial charge is 0.240 e. The number of carbonyl (C=O) groups is 2. The molecular formula is C47H58N8O8. The van der Waals surface area contributed by atoms with Gasteiger partial charge in [0.15, 0.2) is 13.6 Å². The minimum Gasteiger partial charge on any atom is -0.488 e. The van der Waals surface area contributed by atoms with Crippen LogP contribution in [0.2, 0.25) is 0 Å². The van der Waals surface area contributed by atoms with Crippen molar-refractivity contribution in [3.63, 3.8) is 0 Å². The highest BCUT2D eigenvalue weighted by molar-refractivity contribution is 6.07. The molecule has 10 rings (SSSR count). The normalized spacial score (nSPS) is 24.0. The molecule has 7 atom stereocenters. The van der Waals surface area contributed by atoms with Gasteiger partial charge < -0.3 is 48.2 Å². The number of nitrogens with zero attached hydrogens (tertiary/aromatic N) is 4. The summed E-state index contributed by atoms with van der Waals surface area (Å²) in [6.45, 7) is 12.3. The summed E-state index contributed by atoms with van der Waals surface area (Å²) in [7, 11) is 1.70. The topological polar surface area (TPSA) is 177 Å². The number of rotatable bonds is 14. The Morgan fingerprint density at radius 1 is 0.905 bits per heavy atom. The lowest BCUT2D eigenvalue weighted by Gasteiger charge is -2.37. The second kappa shape index (κ2) is 17.2. The predicted octanol–water partition coefficient (Wildman–Crippen LogP) is 6.45. The van der Waals surface area contributed by atoms with Gasteiger partial charge in [-0.2, -0.15) is 0 Å². The Labute approximate surface area is 366 Å². The summed E-state index contributed by atoms with van der Waals surface area (Å²) in [5, 5.41) is 8.61. The van der Waals surface area contributed by atoms with Crippen LogP contribution in [0.1, 0.15) is 89.6 Å². The maximum absolute atomic E-state index is 14.2. The van der Waals surface area contributed by atoms with E-state index in [1.807, 2.05) is 29.8 Å². The van der Waals surface area contributed by atoms with Crippen LogP contribution in [-0.4, -0.2) is 106 Å². The molecule has 3 aromatic carbocycles. The fourth-order valence-electron chi connectivity index (χ4n) is 10.1. The van der Waals surface area contributed by atoms with Crippen LogP contribution in [0.25, 0.3) is 44.2 Å². The van der Waals surface area contributed by atoms with Gasteiger partial charge in [-0.1, -0.05) is 52.3 Å². The number of nitrogens with one attached hydrogen (secondary N) is 4. The summed E-state index contributed by atoms with van der Waals surface area (Å²) < 4.78 is 33.8. The van der Waals surface area contributed by atoms with Crippen LogP contribution >= 0.6 is 0 Å². The van der Waals surface area contributed by atoms with Crippen molar-refractivity contribution >= 4 is 33.6 Å². The lowest BCUT2D eigenvalue weighted by atomic mass is 9.92. The summed E-state index contributed by atoms with van der Waals surface area (Å²) in [5.74, 6) is 2.69. The van der Waals surface area contributed by atoms with Crippen molar-refractivity contribution in [2.24, 2.45) is 17.8 Å². The first-order valence-corrected chi connectivity index (χ1v) is 22.5. The Morgan fingerprint density at radius 2 is 1.68 bits per heavy atom. The van der Waals surface area contributed by atoms with Crippen LogP contribution < -0.4 is 15.4 Å². The highest BCUT2D eigenvalue weighted by Gasteiger charge is 2.44. The van der Waals surface area contributed by atoms with Crippen molar-refractivity contribution in [1.82, 2.24) is 40.4 Å². The number of aromatic nitrogens is 4. The molecule has 5 aliphatic rings. The molecule has 16 heteroatoms. The number of likely N-dealkylation sites (tertiary alicyclic amines) is 2. The van der Waals surface area contributed by atoms with Crippen LogP contribution in [0.15, 0.2) is 48.7 Å². The van der Waals surface area contributed by atoms with E-state index in [2.05, 4.69) is 83.8 Å². The minimum atomic E-state index is -0.578. The van der Waals surface area contributed by atoms with Crippen LogP contribution in [0.5, 0.6) is 5.75 Å². The third kappa shape index (κ3) is 7.79. The third-order valence-corrected chi connectivity index (χ3v) is 13.8. The molecule has 16 nitrogen and oxygen atoms in total. The van der Waals surface area contributed by atoms with Gasteiger partial charge in [0.05, 0.1) is 53.7 Å². The quantitative estimate of drug-likeness (QED) is 0.0962. The second-order valence-electron chi connectivity index (χ2n) is 18.2. The van der Waals surface area contributed by atoms with E-state index in [4.69, 9.17) is 38.4 Å². The molecule has 334 valence electrons. The number of H-pyrrole nitrogens is 2. The van der Waals surface area contributed by atoms with Crippen LogP contribution in [-0.2, 0) is 39.9 Å². The molecule has 5 aliphatic heterocycles. The highest BCUT2D eigenvalue weighted by atomic mass is 16.9. The predicted molar refractivity (Wildman–Crippen MR) is 233 cm³/mol. The Kier molecular flexibility index (Phi) is 11.5. The molecule has 4 N–H and O–H groups in total. The fourth-order valence-corrected chi connectivity index (χ4v) is 10.1. The molecule has 0 spiro atoms. The first-order valence-electron chi connectivity index (χ1n) is 22.5. The average molecular weight is 863 g/mol. The number of benzene rings is 3. The number of hydrogen-bond acceptors (Lipinski definition) is 12. The first kappa shape index (κ1) is 42.0. The molecule has 2 aromatic heterocycles. The van der Waals surface area contributed by atoms with Gasteiger partial charge in [0.25, 0.3) is 0 Å². The summed E-state index contributed by atoms with van der Waals surface area (Å²) in [6.07, 6.45) is 3.99. The van der Waals surface area contributed by atoms with Gasteiger partial charge in [-0.15, -0.1) is 0 Å². The number of methoxy groups -OCH3 is 1.